The molecule has 8 nitrogen and oxygen atoms in total. The van der Waals surface area contributed by atoms with E-state index in [9.17, 15) is 9.59 Å². The molecule has 1 aromatic heterocycles. The van der Waals surface area contributed by atoms with Crippen molar-refractivity contribution in [1.29, 1.82) is 0 Å². The first-order valence-corrected chi connectivity index (χ1v) is 11.2. The SMILES string of the molecule is Cc1cc(C)n(-c2cccc(NC(=O)N3CCCC(CN(C)C(=O)OC(C)(C)C)C3)c2)n1. The number of carbonyl (C=O) groups excluding carboxylic acids is 2. The fraction of sp³-hybridized carbons (Fsp3) is 0.542. The summed E-state index contributed by atoms with van der Waals surface area (Å²) in [4.78, 5) is 28.6. The number of nitrogens with zero attached hydrogens (tertiary/aromatic N) is 4. The Morgan fingerprint density at radius 3 is 2.66 bits per heavy atom. The van der Waals surface area contributed by atoms with E-state index in [0.29, 0.717) is 19.6 Å². The molecule has 32 heavy (non-hydrogen) atoms. The van der Waals surface area contributed by atoms with Crippen LogP contribution in [0.4, 0.5) is 15.3 Å². The fourth-order valence-electron chi connectivity index (χ4n) is 4.01. The van der Waals surface area contributed by atoms with Crippen LogP contribution >= 0.6 is 0 Å². The lowest BCUT2D eigenvalue weighted by Gasteiger charge is -2.35. The van der Waals surface area contributed by atoms with Gasteiger partial charge in [0, 0.05) is 38.1 Å². The summed E-state index contributed by atoms with van der Waals surface area (Å²) in [5.74, 6) is 0.216. The predicted octanol–water partition coefficient (Wildman–Crippen LogP) is 4.60. The molecule has 1 aromatic carbocycles. The molecule has 8 heteroatoms. The molecule has 1 saturated heterocycles. The van der Waals surface area contributed by atoms with Crippen LogP contribution in [0.2, 0.25) is 0 Å². The van der Waals surface area contributed by atoms with Crippen LogP contribution in [-0.2, 0) is 4.74 Å². The van der Waals surface area contributed by atoms with Crippen LogP contribution in [0.5, 0.6) is 0 Å². The van der Waals surface area contributed by atoms with E-state index in [4.69, 9.17) is 4.74 Å². The summed E-state index contributed by atoms with van der Waals surface area (Å²) >= 11 is 0. The molecular weight excluding hydrogens is 406 g/mol. The van der Waals surface area contributed by atoms with Crippen LogP contribution < -0.4 is 5.32 Å². The van der Waals surface area contributed by atoms with Crippen molar-refractivity contribution in [3.8, 4) is 5.69 Å². The van der Waals surface area contributed by atoms with Gasteiger partial charge in [-0.1, -0.05) is 6.07 Å². The van der Waals surface area contributed by atoms with E-state index in [1.807, 2.05) is 74.5 Å². The van der Waals surface area contributed by atoms with Gasteiger partial charge in [-0.05, 0) is 77.6 Å². The van der Waals surface area contributed by atoms with Crippen molar-refractivity contribution in [3.05, 3.63) is 41.7 Å². The molecule has 0 aliphatic carbocycles. The Balaban J connectivity index is 1.59. The number of anilines is 1. The first-order valence-electron chi connectivity index (χ1n) is 11.2. The maximum absolute atomic E-state index is 12.9. The van der Waals surface area contributed by atoms with Crippen LogP contribution in [0.3, 0.4) is 0 Å². The van der Waals surface area contributed by atoms with Gasteiger partial charge >= 0.3 is 12.1 Å². The second-order valence-electron chi connectivity index (χ2n) is 9.63. The monoisotopic (exact) mass is 441 g/mol. The zero-order valence-corrected chi connectivity index (χ0v) is 20.0. The molecule has 174 valence electrons. The lowest BCUT2D eigenvalue weighted by molar-refractivity contribution is 0.0253. The molecule has 1 aliphatic heterocycles. The summed E-state index contributed by atoms with van der Waals surface area (Å²) in [5, 5.41) is 7.53. The Morgan fingerprint density at radius 1 is 1.25 bits per heavy atom. The van der Waals surface area contributed by atoms with Crippen LogP contribution in [0.15, 0.2) is 30.3 Å². The second-order valence-corrected chi connectivity index (χ2v) is 9.63. The Bertz CT molecular complexity index is 963. The number of hydrogen-bond donors (Lipinski definition) is 1. The highest BCUT2D eigenvalue weighted by Gasteiger charge is 2.27. The highest BCUT2D eigenvalue weighted by atomic mass is 16.6. The van der Waals surface area contributed by atoms with Gasteiger partial charge in [0.15, 0.2) is 0 Å². The molecule has 2 heterocycles. The minimum absolute atomic E-state index is 0.125. The van der Waals surface area contributed by atoms with Crippen LogP contribution in [-0.4, -0.2) is 64.0 Å². The zero-order chi connectivity index (χ0) is 23.5. The number of nitrogens with one attached hydrogen (secondary N) is 1. The largest absolute Gasteiger partial charge is 0.444 e. The van der Waals surface area contributed by atoms with Gasteiger partial charge in [-0.3, -0.25) is 0 Å². The lowest BCUT2D eigenvalue weighted by atomic mass is 9.98. The molecule has 1 N–H and O–H groups in total. The Labute approximate surface area is 190 Å². The first kappa shape index (κ1) is 23.6. The van der Waals surface area contributed by atoms with E-state index >= 15 is 0 Å². The van der Waals surface area contributed by atoms with E-state index in [-0.39, 0.29) is 18.0 Å². The van der Waals surface area contributed by atoms with E-state index in [2.05, 4.69) is 10.4 Å². The third-order valence-electron chi connectivity index (χ3n) is 5.40. The van der Waals surface area contributed by atoms with Gasteiger partial charge in [0.25, 0.3) is 0 Å². The zero-order valence-electron chi connectivity index (χ0n) is 20.0. The van der Waals surface area contributed by atoms with E-state index in [1.54, 1.807) is 11.9 Å². The first-order chi connectivity index (χ1) is 15.0. The number of urea groups is 1. The van der Waals surface area contributed by atoms with E-state index < -0.39 is 5.60 Å². The molecule has 1 unspecified atom stereocenters. The Kier molecular flexibility index (Phi) is 7.11. The molecule has 2 aromatic rings. The summed E-state index contributed by atoms with van der Waals surface area (Å²) in [6, 6.07) is 9.59. The average Bonchev–Trinajstić information content (AvgIpc) is 3.05. The summed E-state index contributed by atoms with van der Waals surface area (Å²) in [6.07, 6.45) is 1.55. The van der Waals surface area contributed by atoms with Crippen LogP contribution in [0.1, 0.15) is 45.0 Å². The molecule has 1 aliphatic rings. The molecule has 0 spiro atoms. The number of benzene rings is 1. The van der Waals surface area contributed by atoms with Crippen molar-refractivity contribution in [2.45, 2.75) is 53.1 Å². The summed E-state index contributed by atoms with van der Waals surface area (Å²) in [6.45, 7) is 11.4. The van der Waals surface area contributed by atoms with Crippen molar-refractivity contribution in [2.24, 2.45) is 5.92 Å². The van der Waals surface area contributed by atoms with Crippen LogP contribution in [0.25, 0.3) is 5.69 Å². The van der Waals surface area contributed by atoms with Gasteiger partial charge in [0.1, 0.15) is 5.60 Å². The fourth-order valence-corrected chi connectivity index (χ4v) is 4.01. The second kappa shape index (κ2) is 9.63. The Hall–Kier alpha value is -3.03. The van der Waals surface area contributed by atoms with Crippen molar-refractivity contribution < 1.29 is 14.3 Å². The maximum atomic E-state index is 12.9. The van der Waals surface area contributed by atoms with Gasteiger partial charge in [-0.15, -0.1) is 0 Å². The van der Waals surface area contributed by atoms with Gasteiger partial charge in [-0.25, -0.2) is 14.3 Å². The van der Waals surface area contributed by atoms with E-state index in [1.165, 1.54) is 0 Å². The standard InChI is InChI=1S/C24H35N5O3/c1-17-13-18(2)29(26-17)21-11-7-10-20(14-21)25-22(30)28-12-8-9-19(16-28)15-27(6)23(31)32-24(3,4)5/h7,10-11,13-14,19H,8-9,12,15-16H2,1-6H3,(H,25,30). The number of carbonyl (C=O) groups is 2. The third kappa shape index (κ3) is 6.24. The predicted molar refractivity (Wildman–Crippen MR) is 125 cm³/mol. The molecule has 3 rings (SSSR count). The topological polar surface area (TPSA) is 79.7 Å². The van der Waals surface area contributed by atoms with Crippen LogP contribution in [0, 0.1) is 19.8 Å². The number of ether oxygens (including phenoxy) is 1. The summed E-state index contributed by atoms with van der Waals surface area (Å²) < 4.78 is 7.31. The third-order valence-corrected chi connectivity index (χ3v) is 5.40. The number of aromatic nitrogens is 2. The normalized spacial score (nSPS) is 16.6. The molecule has 0 saturated carbocycles. The molecular formula is C24H35N5O3. The molecule has 1 atom stereocenters. The van der Waals surface area contributed by atoms with Crippen molar-refractivity contribution in [1.82, 2.24) is 19.6 Å². The lowest BCUT2D eigenvalue weighted by Crippen LogP contribution is -2.46. The molecule has 0 bridgehead atoms. The number of likely N-dealkylation sites (tertiary alicyclic amines) is 1. The van der Waals surface area contributed by atoms with Crippen molar-refractivity contribution in [3.63, 3.8) is 0 Å². The highest BCUT2D eigenvalue weighted by molar-refractivity contribution is 5.89. The summed E-state index contributed by atoms with van der Waals surface area (Å²) in [5.41, 5.74) is 3.11. The number of aryl methyl sites for hydroxylation is 2. The van der Waals surface area contributed by atoms with Gasteiger partial charge in [0.05, 0.1) is 11.4 Å². The van der Waals surface area contributed by atoms with Crippen molar-refractivity contribution >= 4 is 17.8 Å². The van der Waals surface area contributed by atoms with Crippen molar-refractivity contribution in [2.75, 3.05) is 32.0 Å². The molecule has 0 radical (unpaired) electrons. The minimum Gasteiger partial charge on any atom is -0.444 e. The molecule has 3 amide bonds. The van der Waals surface area contributed by atoms with Gasteiger partial charge in [-0.2, -0.15) is 5.10 Å². The van der Waals surface area contributed by atoms with E-state index in [0.717, 1.165) is 35.6 Å². The smallest absolute Gasteiger partial charge is 0.410 e. The number of rotatable bonds is 4. The average molecular weight is 442 g/mol. The highest BCUT2D eigenvalue weighted by Crippen LogP contribution is 2.21. The minimum atomic E-state index is -0.522. The maximum Gasteiger partial charge on any atom is 0.410 e. The quantitative estimate of drug-likeness (QED) is 0.752. The summed E-state index contributed by atoms with van der Waals surface area (Å²) in [7, 11) is 1.75. The Morgan fingerprint density at radius 2 is 2.00 bits per heavy atom. The van der Waals surface area contributed by atoms with Gasteiger partial charge in [0.2, 0.25) is 0 Å². The van der Waals surface area contributed by atoms with Gasteiger partial charge < -0.3 is 19.9 Å². The number of piperidine rings is 1. The molecule has 1 fully saturated rings. The number of amides is 3. The number of hydrogen-bond acceptors (Lipinski definition) is 4.